The molecule has 0 heterocycles. The maximum atomic E-state index is 13.1. The molecular formula is C28H27N2O5-. The summed E-state index contributed by atoms with van der Waals surface area (Å²) in [4.78, 5) is 37.6. The molecule has 3 aromatic rings. The van der Waals surface area contributed by atoms with E-state index in [1.165, 1.54) is 6.08 Å². The molecule has 0 bridgehead atoms. The molecule has 7 heteroatoms. The Morgan fingerprint density at radius 3 is 2.06 bits per heavy atom. The van der Waals surface area contributed by atoms with Crippen molar-refractivity contribution >= 4 is 23.9 Å². The van der Waals surface area contributed by atoms with Gasteiger partial charge < -0.3 is 25.3 Å². The zero-order valence-corrected chi connectivity index (χ0v) is 19.6. The third-order valence-corrected chi connectivity index (χ3v) is 4.96. The highest BCUT2D eigenvalue weighted by atomic mass is 16.5. The normalized spacial score (nSPS) is 12.0. The summed E-state index contributed by atoms with van der Waals surface area (Å²) in [7, 11) is 0. The Morgan fingerprint density at radius 2 is 1.49 bits per heavy atom. The van der Waals surface area contributed by atoms with E-state index in [-0.39, 0.29) is 18.2 Å². The smallest absolute Gasteiger partial charge is 0.268 e. The fourth-order valence-corrected chi connectivity index (χ4v) is 3.30. The van der Waals surface area contributed by atoms with Crippen LogP contribution >= 0.6 is 0 Å². The first-order valence-corrected chi connectivity index (χ1v) is 11.2. The van der Waals surface area contributed by atoms with Crippen LogP contribution in [0, 0.1) is 0 Å². The molecule has 3 aromatic carbocycles. The Labute approximate surface area is 204 Å². The number of ether oxygens (including phenoxy) is 1. The highest BCUT2D eigenvalue weighted by molar-refractivity contribution is 6.06. The average molecular weight is 472 g/mol. The summed E-state index contributed by atoms with van der Waals surface area (Å²) in [5.41, 5.74) is 1.59. The number of carbonyl (C=O) groups excluding carboxylic acids is 3. The van der Waals surface area contributed by atoms with Gasteiger partial charge >= 0.3 is 0 Å². The molecule has 1 atom stereocenters. The molecule has 7 nitrogen and oxygen atoms in total. The van der Waals surface area contributed by atoms with E-state index in [4.69, 9.17) is 4.74 Å². The second kappa shape index (κ2) is 12.2. The van der Waals surface area contributed by atoms with Gasteiger partial charge in [-0.3, -0.25) is 9.59 Å². The monoisotopic (exact) mass is 471 g/mol. The molecule has 2 N–H and O–H groups in total. The predicted molar refractivity (Wildman–Crippen MR) is 131 cm³/mol. The Bertz CT molecular complexity index is 1170. The summed E-state index contributed by atoms with van der Waals surface area (Å²) >= 11 is 0. The molecule has 0 radical (unpaired) electrons. The van der Waals surface area contributed by atoms with E-state index in [1.807, 2.05) is 19.9 Å². The van der Waals surface area contributed by atoms with E-state index in [0.717, 1.165) is 5.56 Å². The molecule has 180 valence electrons. The average Bonchev–Trinajstić information content (AvgIpc) is 2.85. The third kappa shape index (κ3) is 7.85. The lowest BCUT2D eigenvalue weighted by atomic mass is 10.1. The Balaban J connectivity index is 1.85. The van der Waals surface area contributed by atoms with Gasteiger partial charge in [0.1, 0.15) is 11.4 Å². The van der Waals surface area contributed by atoms with Crippen molar-refractivity contribution in [2.45, 2.75) is 32.4 Å². The number of amides is 2. The number of hydrogen-bond donors (Lipinski definition) is 2. The fraction of sp³-hybridized carbons (Fsp3) is 0.179. The topological polar surface area (TPSA) is 108 Å². The van der Waals surface area contributed by atoms with Crippen molar-refractivity contribution in [3.63, 3.8) is 0 Å². The van der Waals surface area contributed by atoms with E-state index in [0.29, 0.717) is 16.9 Å². The standard InChI is InChI=1S/C28H28N2O5/c1-19(2)35-23-15-13-21(14-16-23)17-24(29-26(31)22-11-7-4-8-12-22)27(32)30-25(28(33)34)18-20-9-5-3-6-10-20/h3-17,19,25H,18H2,1-2H3,(H,29,31)(H,30,32)(H,33,34)/p-1/b24-17-/t25-/m1/s1. The van der Waals surface area contributed by atoms with Crippen LogP contribution in [-0.4, -0.2) is 29.9 Å². The van der Waals surface area contributed by atoms with Crippen LogP contribution in [0.3, 0.4) is 0 Å². The van der Waals surface area contributed by atoms with Gasteiger partial charge in [0.15, 0.2) is 0 Å². The number of carboxylic acids is 1. The third-order valence-electron chi connectivity index (χ3n) is 4.96. The van der Waals surface area contributed by atoms with Crippen LogP contribution in [0.15, 0.2) is 90.6 Å². The van der Waals surface area contributed by atoms with Crippen LogP contribution in [0.1, 0.15) is 35.3 Å². The van der Waals surface area contributed by atoms with Gasteiger partial charge in [-0.15, -0.1) is 0 Å². The van der Waals surface area contributed by atoms with Gasteiger partial charge in [-0.2, -0.15) is 0 Å². The minimum Gasteiger partial charge on any atom is -0.548 e. The molecular weight excluding hydrogens is 444 g/mol. The molecule has 0 aliphatic heterocycles. The van der Waals surface area contributed by atoms with Gasteiger partial charge in [-0.05, 0) is 61.7 Å². The van der Waals surface area contributed by atoms with E-state index in [2.05, 4.69) is 10.6 Å². The molecule has 2 amide bonds. The minimum absolute atomic E-state index is 0.00840. The van der Waals surface area contributed by atoms with Crippen LogP contribution in [0.5, 0.6) is 5.75 Å². The number of carbonyl (C=O) groups is 3. The van der Waals surface area contributed by atoms with Crippen molar-refractivity contribution in [3.8, 4) is 5.75 Å². The Hall–Kier alpha value is -4.39. The van der Waals surface area contributed by atoms with Crippen LogP contribution in [-0.2, 0) is 16.0 Å². The van der Waals surface area contributed by atoms with Gasteiger partial charge in [-0.25, -0.2) is 0 Å². The van der Waals surface area contributed by atoms with Crippen molar-refractivity contribution in [3.05, 3.63) is 107 Å². The lowest BCUT2D eigenvalue weighted by Gasteiger charge is -2.21. The van der Waals surface area contributed by atoms with E-state index in [9.17, 15) is 19.5 Å². The second-order valence-corrected chi connectivity index (χ2v) is 8.15. The van der Waals surface area contributed by atoms with Gasteiger partial charge in [0.2, 0.25) is 0 Å². The number of nitrogens with one attached hydrogen (secondary N) is 2. The molecule has 0 fully saturated rings. The first-order chi connectivity index (χ1) is 16.8. The van der Waals surface area contributed by atoms with Crippen molar-refractivity contribution < 1.29 is 24.2 Å². The van der Waals surface area contributed by atoms with Gasteiger partial charge in [-0.1, -0.05) is 60.7 Å². The molecule has 0 aliphatic rings. The summed E-state index contributed by atoms with van der Waals surface area (Å²) in [5.74, 6) is -2.01. The lowest BCUT2D eigenvalue weighted by Crippen LogP contribution is -2.50. The molecule has 0 saturated carbocycles. The molecule has 0 aliphatic carbocycles. The highest BCUT2D eigenvalue weighted by Crippen LogP contribution is 2.16. The molecule has 0 aromatic heterocycles. The van der Waals surface area contributed by atoms with Crippen molar-refractivity contribution in [1.29, 1.82) is 0 Å². The molecule has 0 unspecified atom stereocenters. The quantitative estimate of drug-likeness (QED) is 0.442. The second-order valence-electron chi connectivity index (χ2n) is 8.15. The lowest BCUT2D eigenvalue weighted by molar-refractivity contribution is -0.308. The first kappa shape index (κ1) is 25.2. The van der Waals surface area contributed by atoms with Crippen LogP contribution in [0.25, 0.3) is 6.08 Å². The van der Waals surface area contributed by atoms with Gasteiger partial charge in [0.05, 0.1) is 18.1 Å². The number of benzene rings is 3. The SMILES string of the molecule is CC(C)Oc1ccc(/C=C(\NC(=O)c2ccccc2)C(=O)N[C@H](Cc2ccccc2)C(=O)[O-])cc1. The maximum Gasteiger partial charge on any atom is 0.268 e. The molecule has 3 rings (SSSR count). The number of rotatable bonds is 10. The van der Waals surface area contributed by atoms with Gasteiger partial charge in [0.25, 0.3) is 11.8 Å². The van der Waals surface area contributed by atoms with Crippen LogP contribution in [0.2, 0.25) is 0 Å². The number of aliphatic carboxylic acids is 1. The zero-order valence-electron chi connectivity index (χ0n) is 19.6. The molecule has 0 spiro atoms. The van der Waals surface area contributed by atoms with Crippen molar-refractivity contribution in [1.82, 2.24) is 10.6 Å². The Kier molecular flexibility index (Phi) is 8.78. The van der Waals surface area contributed by atoms with Crippen molar-refractivity contribution in [2.75, 3.05) is 0 Å². The number of carboxylic acid groups (broad SMARTS) is 1. The summed E-state index contributed by atoms with van der Waals surface area (Å²) in [6, 6.07) is 23.0. The summed E-state index contributed by atoms with van der Waals surface area (Å²) in [6.45, 7) is 3.83. The summed E-state index contributed by atoms with van der Waals surface area (Å²) in [5, 5.41) is 16.8. The minimum atomic E-state index is -1.42. The van der Waals surface area contributed by atoms with E-state index < -0.39 is 23.8 Å². The largest absolute Gasteiger partial charge is 0.548 e. The van der Waals surface area contributed by atoms with E-state index in [1.54, 1.807) is 78.9 Å². The number of hydrogen-bond acceptors (Lipinski definition) is 5. The fourth-order valence-electron chi connectivity index (χ4n) is 3.30. The summed E-state index contributed by atoms with van der Waals surface area (Å²) in [6.07, 6.45) is 1.52. The highest BCUT2D eigenvalue weighted by Gasteiger charge is 2.20. The van der Waals surface area contributed by atoms with Gasteiger partial charge in [0, 0.05) is 5.56 Å². The van der Waals surface area contributed by atoms with Crippen LogP contribution in [0.4, 0.5) is 0 Å². The van der Waals surface area contributed by atoms with Crippen molar-refractivity contribution in [2.24, 2.45) is 0 Å². The van der Waals surface area contributed by atoms with Crippen LogP contribution < -0.4 is 20.5 Å². The first-order valence-electron chi connectivity index (χ1n) is 11.2. The van der Waals surface area contributed by atoms with E-state index >= 15 is 0 Å². The maximum absolute atomic E-state index is 13.1. The predicted octanol–water partition coefficient (Wildman–Crippen LogP) is 2.72. The molecule has 35 heavy (non-hydrogen) atoms. The Morgan fingerprint density at radius 1 is 0.886 bits per heavy atom. The molecule has 0 saturated heterocycles. The summed E-state index contributed by atoms with van der Waals surface area (Å²) < 4.78 is 5.64. The zero-order chi connectivity index (χ0) is 25.2.